The Bertz CT molecular complexity index is 2270. The van der Waals surface area contributed by atoms with Gasteiger partial charge in [0.1, 0.15) is 0 Å². The van der Waals surface area contributed by atoms with Gasteiger partial charge in [-0.2, -0.15) is 0 Å². The standard InChI is InChI=1S/C41H31NS2/c1-24-12-18-35-38(20-24)43-39-21-25(2)13-19-36(39)42(35)27-15-17-30-29-16-14-26(22-33(29)41(3,4)34(30)23-27)28-9-7-10-32-31-8-5-6-11-37(31)44-40(28)32/h5-23H,1-4H3. The van der Waals surface area contributed by atoms with Gasteiger partial charge < -0.3 is 4.90 Å². The fourth-order valence-electron chi connectivity index (χ4n) is 7.31. The molecule has 3 heteroatoms. The summed E-state index contributed by atoms with van der Waals surface area (Å²) in [6.07, 6.45) is 0. The Labute approximate surface area is 266 Å². The zero-order valence-electron chi connectivity index (χ0n) is 25.2. The minimum Gasteiger partial charge on any atom is -0.308 e. The van der Waals surface area contributed by atoms with Crippen LogP contribution in [0.15, 0.2) is 125 Å². The van der Waals surface area contributed by atoms with Gasteiger partial charge in [-0.25, -0.2) is 0 Å². The van der Waals surface area contributed by atoms with Gasteiger partial charge in [0.25, 0.3) is 0 Å². The minimum absolute atomic E-state index is 0.124. The highest BCUT2D eigenvalue weighted by Crippen LogP contribution is 2.55. The number of fused-ring (bicyclic) bond motifs is 8. The Morgan fingerprint density at radius 3 is 1.98 bits per heavy atom. The first-order chi connectivity index (χ1) is 21.4. The molecule has 1 nitrogen and oxygen atoms in total. The lowest BCUT2D eigenvalue weighted by atomic mass is 9.81. The number of hydrogen-bond donors (Lipinski definition) is 0. The van der Waals surface area contributed by atoms with Crippen LogP contribution >= 0.6 is 23.1 Å². The van der Waals surface area contributed by atoms with Crippen LogP contribution in [0.1, 0.15) is 36.1 Å². The van der Waals surface area contributed by atoms with Gasteiger partial charge in [-0.1, -0.05) is 92.3 Å². The van der Waals surface area contributed by atoms with Gasteiger partial charge in [-0.3, -0.25) is 0 Å². The van der Waals surface area contributed by atoms with Gasteiger partial charge in [0.2, 0.25) is 0 Å². The molecule has 2 aliphatic rings. The lowest BCUT2D eigenvalue weighted by Crippen LogP contribution is -2.18. The van der Waals surface area contributed by atoms with Crippen molar-refractivity contribution in [1.29, 1.82) is 0 Å². The highest BCUT2D eigenvalue weighted by atomic mass is 32.2. The smallest absolute Gasteiger partial charge is 0.0601 e. The van der Waals surface area contributed by atoms with Gasteiger partial charge in [0, 0.05) is 41.1 Å². The van der Waals surface area contributed by atoms with Crippen molar-refractivity contribution in [3.63, 3.8) is 0 Å². The predicted molar refractivity (Wildman–Crippen MR) is 191 cm³/mol. The molecule has 0 fully saturated rings. The van der Waals surface area contributed by atoms with Crippen LogP contribution in [-0.4, -0.2) is 0 Å². The number of rotatable bonds is 2. The molecule has 0 spiro atoms. The summed E-state index contributed by atoms with van der Waals surface area (Å²) < 4.78 is 2.72. The number of hydrogen-bond acceptors (Lipinski definition) is 3. The molecule has 7 aromatic rings. The van der Waals surface area contributed by atoms with Crippen LogP contribution in [0, 0.1) is 13.8 Å². The van der Waals surface area contributed by atoms with Gasteiger partial charge in [-0.05, 0) is 107 Å². The maximum atomic E-state index is 2.47. The van der Waals surface area contributed by atoms with E-state index >= 15 is 0 Å². The second-order valence-corrected chi connectivity index (χ2v) is 14.9. The van der Waals surface area contributed by atoms with E-state index in [1.165, 1.54) is 91.5 Å². The molecule has 6 aromatic carbocycles. The average Bonchev–Trinajstić information content (AvgIpc) is 3.51. The molecule has 2 heterocycles. The summed E-state index contributed by atoms with van der Waals surface area (Å²) >= 11 is 3.79. The van der Waals surface area contributed by atoms with Crippen LogP contribution in [0.3, 0.4) is 0 Å². The largest absolute Gasteiger partial charge is 0.308 e. The Kier molecular flexibility index (Phi) is 5.55. The molecule has 1 aliphatic carbocycles. The second-order valence-electron chi connectivity index (χ2n) is 12.8. The molecule has 212 valence electrons. The topological polar surface area (TPSA) is 3.24 Å². The van der Waals surface area contributed by atoms with Crippen LogP contribution in [0.4, 0.5) is 17.1 Å². The maximum absolute atomic E-state index is 2.47. The summed E-state index contributed by atoms with van der Waals surface area (Å²) in [7, 11) is 0. The van der Waals surface area contributed by atoms with Gasteiger partial charge >= 0.3 is 0 Å². The first kappa shape index (κ1) is 26.1. The predicted octanol–water partition coefficient (Wildman–Crippen LogP) is 12.6. The van der Waals surface area contributed by atoms with E-state index in [-0.39, 0.29) is 5.41 Å². The third kappa shape index (κ3) is 3.73. The van der Waals surface area contributed by atoms with E-state index < -0.39 is 0 Å². The summed E-state index contributed by atoms with van der Waals surface area (Å²) in [5.74, 6) is 0. The van der Waals surface area contributed by atoms with Crippen molar-refractivity contribution in [2.24, 2.45) is 0 Å². The van der Waals surface area contributed by atoms with Gasteiger partial charge in [0.05, 0.1) is 11.4 Å². The van der Waals surface area contributed by atoms with Crippen LogP contribution in [-0.2, 0) is 5.41 Å². The molecule has 0 bridgehead atoms. The zero-order valence-corrected chi connectivity index (χ0v) is 26.9. The van der Waals surface area contributed by atoms with Crippen LogP contribution in [0.5, 0.6) is 0 Å². The molecule has 9 rings (SSSR count). The van der Waals surface area contributed by atoms with E-state index in [0.29, 0.717) is 0 Å². The first-order valence-corrected chi connectivity index (χ1v) is 16.9. The van der Waals surface area contributed by atoms with Crippen molar-refractivity contribution in [3.8, 4) is 22.3 Å². The van der Waals surface area contributed by atoms with Crippen molar-refractivity contribution in [1.82, 2.24) is 0 Å². The molecular weight excluding hydrogens is 571 g/mol. The molecule has 0 saturated carbocycles. The normalized spacial score (nSPS) is 14.4. The molecule has 0 unspecified atom stereocenters. The highest BCUT2D eigenvalue weighted by Gasteiger charge is 2.37. The van der Waals surface area contributed by atoms with Crippen molar-refractivity contribution < 1.29 is 0 Å². The van der Waals surface area contributed by atoms with Crippen LogP contribution < -0.4 is 4.90 Å². The van der Waals surface area contributed by atoms with Crippen LogP contribution in [0.25, 0.3) is 42.4 Å². The Morgan fingerprint density at radius 1 is 0.568 bits per heavy atom. The molecule has 0 radical (unpaired) electrons. The number of thiophene rings is 1. The minimum atomic E-state index is -0.124. The fraction of sp³-hybridized carbons (Fsp3) is 0.122. The van der Waals surface area contributed by atoms with E-state index in [1.54, 1.807) is 0 Å². The number of benzene rings is 6. The Balaban J connectivity index is 1.18. The number of aryl methyl sites for hydroxylation is 2. The first-order valence-electron chi connectivity index (χ1n) is 15.3. The summed E-state index contributed by atoms with van der Waals surface area (Å²) in [4.78, 5) is 5.09. The highest BCUT2D eigenvalue weighted by molar-refractivity contribution is 7.99. The Morgan fingerprint density at radius 2 is 1.23 bits per heavy atom. The van der Waals surface area contributed by atoms with E-state index in [2.05, 4.69) is 148 Å². The maximum Gasteiger partial charge on any atom is 0.0601 e. The number of anilines is 3. The van der Waals surface area contributed by atoms with E-state index in [1.807, 2.05) is 23.1 Å². The van der Waals surface area contributed by atoms with Gasteiger partial charge in [-0.15, -0.1) is 11.3 Å². The third-order valence-corrected chi connectivity index (χ3v) is 11.9. The molecule has 1 aliphatic heterocycles. The third-order valence-electron chi connectivity index (χ3n) is 9.57. The summed E-state index contributed by atoms with van der Waals surface area (Å²) in [6.45, 7) is 9.15. The summed E-state index contributed by atoms with van der Waals surface area (Å²) in [5.41, 5.74) is 14.3. The molecule has 0 amide bonds. The molecular formula is C41H31NS2. The van der Waals surface area contributed by atoms with E-state index in [9.17, 15) is 0 Å². The van der Waals surface area contributed by atoms with Gasteiger partial charge in [0.15, 0.2) is 0 Å². The SMILES string of the molecule is Cc1ccc2c(c1)Sc1cc(C)ccc1N2c1ccc2c(c1)C(C)(C)c1cc(-c3cccc4c3sc3ccccc34)ccc1-2. The van der Waals surface area contributed by atoms with Crippen molar-refractivity contribution >= 4 is 60.3 Å². The monoisotopic (exact) mass is 601 g/mol. The van der Waals surface area contributed by atoms with E-state index in [4.69, 9.17) is 0 Å². The molecule has 1 aromatic heterocycles. The second kappa shape index (κ2) is 9.34. The summed E-state index contributed by atoms with van der Waals surface area (Å²) in [5, 5.41) is 2.70. The van der Waals surface area contributed by atoms with E-state index in [0.717, 1.165) is 0 Å². The lowest BCUT2D eigenvalue weighted by Gasteiger charge is -2.34. The quantitative estimate of drug-likeness (QED) is 0.194. The average molecular weight is 602 g/mol. The Hall–Kier alpha value is -4.31. The molecule has 0 N–H and O–H groups in total. The zero-order chi connectivity index (χ0) is 29.7. The molecule has 0 saturated heterocycles. The number of nitrogens with zero attached hydrogens (tertiary/aromatic N) is 1. The lowest BCUT2D eigenvalue weighted by molar-refractivity contribution is 0.660. The summed E-state index contributed by atoms with van der Waals surface area (Å²) in [6, 6.07) is 43.5. The molecule has 0 atom stereocenters. The van der Waals surface area contributed by atoms with Crippen molar-refractivity contribution in [2.75, 3.05) is 4.90 Å². The van der Waals surface area contributed by atoms with Crippen molar-refractivity contribution in [2.45, 2.75) is 42.9 Å². The fourth-order valence-corrected chi connectivity index (χ4v) is 9.80. The van der Waals surface area contributed by atoms with Crippen LogP contribution in [0.2, 0.25) is 0 Å². The van der Waals surface area contributed by atoms with Crippen molar-refractivity contribution in [3.05, 3.63) is 138 Å². The molecule has 44 heavy (non-hydrogen) atoms.